The molecule has 0 fully saturated rings. The number of allylic oxidation sites excluding steroid dienone is 2. The van der Waals surface area contributed by atoms with Crippen LogP contribution >= 0.6 is 0 Å². The molecule has 0 atom stereocenters. The Hall–Kier alpha value is -2.42. The van der Waals surface area contributed by atoms with Crippen molar-refractivity contribution in [2.24, 2.45) is 0 Å². The normalized spacial score (nSPS) is 15.2. The number of Topliss-reactive ketones (excluding diaryl/α,β-unsaturated/α-hetero) is 2. The second kappa shape index (κ2) is 6.35. The van der Waals surface area contributed by atoms with E-state index in [1.54, 1.807) is 6.08 Å². The van der Waals surface area contributed by atoms with Gasteiger partial charge >= 0.3 is 0 Å². The number of rotatable bonds is 5. The number of carbonyl (C=O) groups is 2. The third-order valence-corrected chi connectivity index (χ3v) is 3.52. The molecule has 0 amide bonds. The van der Waals surface area contributed by atoms with Crippen LogP contribution in [0.25, 0.3) is 0 Å². The average molecular weight is 281 g/mol. The molecule has 3 nitrogen and oxygen atoms in total. The summed E-state index contributed by atoms with van der Waals surface area (Å²) in [4.78, 5) is 25.9. The van der Waals surface area contributed by atoms with Crippen LogP contribution in [0.3, 0.4) is 0 Å². The zero-order valence-electron chi connectivity index (χ0n) is 12.4. The highest BCUT2D eigenvalue weighted by atomic mass is 16.1. The van der Waals surface area contributed by atoms with Crippen LogP contribution in [0.4, 0.5) is 0 Å². The minimum Gasteiger partial charge on any atom is -0.350 e. The number of hydrogen-bond acceptors (Lipinski definition) is 3. The molecule has 0 aromatic heterocycles. The van der Waals surface area contributed by atoms with Gasteiger partial charge in [-0.2, -0.15) is 0 Å². The molecule has 21 heavy (non-hydrogen) atoms. The Balaban J connectivity index is 2.55. The highest BCUT2D eigenvalue weighted by Gasteiger charge is 2.30. The van der Waals surface area contributed by atoms with Gasteiger partial charge in [0.1, 0.15) is 0 Å². The van der Waals surface area contributed by atoms with Gasteiger partial charge in [-0.15, -0.1) is 6.58 Å². The zero-order chi connectivity index (χ0) is 15.4. The Labute approximate surface area is 125 Å². The highest BCUT2D eigenvalue weighted by Crippen LogP contribution is 2.36. The SMILES string of the molecule is C=CCN1C=C(C(C)=O)C(c2ccccc2)C(C(C)=O)=C1. The Morgan fingerprint density at radius 1 is 1.10 bits per heavy atom. The predicted octanol–water partition coefficient (Wildman–Crippen LogP) is 3.22. The van der Waals surface area contributed by atoms with Crippen LogP contribution in [0.15, 0.2) is 66.5 Å². The lowest BCUT2D eigenvalue weighted by atomic mass is 9.80. The van der Waals surface area contributed by atoms with Gasteiger partial charge in [0.05, 0.1) is 0 Å². The summed E-state index contributed by atoms with van der Waals surface area (Å²) in [5, 5.41) is 0. The van der Waals surface area contributed by atoms with E-state index in [4.69, 9.17) is 0 Å². The van der Waals surface area contributed by atoms with Gasteiger partial charge in [-0.05, 0) is 19.4 Å². The first kappa shape index (κ1) is 15.0. The van der Waals surface area contributed by atoms with Gasteiger partial charge in [0.15, 0.2) is 11.6 Å². The van der Waals surface area contributed by atoms with Crippen molar-refractivity contribution in [1.82, 2.24) is 4.90 Å². The lowest BCUT2D eigenvalue weighted by Gasteiger charge is -2.29. The minimum atomic E-state index is -0.290. The molecule has 0 saturated heterocycles. The number of nitrogens with zero attached hydrogens (tertiary/aromatic N) is 1. The van der Waals surface area contributed by atoms with Crippen molar-refractivity contribution in [3.63, 3.8) is 0 Å². The van der Waals surface area contributed by atoms with Crippen LogP contribution in [0.5, 0.6) is 0 Å². The molecular formula is C18H19NO2. The number of carbonyl (C=O) groups excluding carboxylic acids is 2. The van der Waals surface area contributed by atoms with E-state index in [2.05, 4.69) is 6.58 Å². The molecule has 0 N–H and O–H groups in total. The van der Waals surface area contributed by atoms with Crippen LogP contribution in [0.1, 0.15) is 25.3 Å². The van der Waals surface area contributed by atoms with Gasteiger partial charge < -0.3 is 4.90 Å². The summed E-state index contributed by atoms with van der Waals surface area (Å²) in [6.07, 6.45) is 5.37. The molecule has 1 heterocycles. The molecule has 1 aliphatic rings. The molecule has 1 aromatic carbocycles. The van der Waals surface area contributed by atoms with Crippen molar-refractivity contribution in [2.45, 2.75) is 19.8 Å². The molecule has 1 aromatic rings. The van der Waals surface area contributed by atoms with Crippen molar-refractivity contribution in [3.05, 3.63) is 72.1 Å². The summed E-state index contributed by atoms with van der Waals surface area (Å²) in [6, 6.07) is 9.65. The number of hydrogen-bond donors (Lipinski definition) is 0. The monoisotopic (exact) mass is 281 g/mol. The maximum Gasteiger partial charge on any atom is 0.158 e. The highest BCUT2D eigenvalue weighted by molar-refractivity contribution is 6.02. The molecule has 0 spiro atoms. The van der Waals surface area contributed by atoms with E-state index in [9.17, 15) is 9.59 Å². The van der Waals surface area contributed by atoms with Gasteiger partial charge in [0.25, 0.3) is 0 Å². The van der Waals surface area contributed by atoms with Gasteiger partial charge in [-0.1, -0.05) is 36.4 Å². The van der Waals surface area contributed by atoms with Crippen LogP contribution in [0.2, 0.25) is 0 Å². The summed E-state index contributed by atoms with van der Waals surface area (Å²) in [5.41, 5.74) is 2.23. The first-order valence-corrected chi connectivity index (χ1v) is 6.91. The van der Waals surface area contributed by atoms with Crippen molar-refractivity contribution in [1.29, 1.82) is 0 Å². The largest absolute Gasteiger partial charge is 0.350 e. The van der Waals surface area contributed by atoms with Gasteiger partial charge in [-0.3, -0.25) is 9.59 Å². The molecular weight excluding hydrogens is 262 g/mol. The van der Waals surface area contributed by atoms with Gasteiger partial charge in [0.2, 0.25) is 0 Å². The zero-order valence-corrected chi connectivity index (χ0v) is 12.4. The Morgan fingerprint density at radius 2 is 1.62 bits per heavy atom. The smallest absolute Gasteiger partial charge is 0.158 e. The molecule has 0 bridgehead atoms. The third-order valence-electron chi connectivity index (χ3n) is 3.52. The molecule has 0 saturated carbocycles. The summed E-state index contributed by atoms with van der Waals surface area (Å²) in [6.45, 7) is 7.34. The first-order valence-electron chi connectivity index (χ1n) is 6.91. The second-order valence-electron chi connectivity index (χ2n) is 5.11. The second-order valence-corrected chi connectivity index (χ2v) is 5.11. The number of ketones is 2. The Morgan fingerprint density at radius 3 is 2.05 bits per heavy atom. The van der Waals surface area contributed by atoms with Crippen molar-refractivity contribution >= 4 is 11.6 Å². The Bertz CT molecular complexity index is 594. The van der Waals surface area contributed by atoms with E-state index in [0.717, 1.165) is 5.56 Å². The lowest BCUT2D eigenvalue weighted by Crippen LogP contribution is -2.26. The van der Waals surface area contributed by atoms with Crippen LogP contribution in [0, 0.1) is 0 Å². The maximum absolute atomic E-state index is 12.0. The molecule has 0 aliphatic carbocycles. The van der Waals surface area contributed by atoms with Gasteiger partial charge in [-0.25, -0.2) is 0 Å². The first-order chi connectivity index (χ1) is 10.0. The van der Waals surface area contributed by atoms with E-state index < -0.39 is 0 Å². The third kappa shape index (κ3) is 3.19. The molecule has 0 unspecified atom stereocenters. The fourth-order valence-electron chi connectivity index (χ4n) is 2.56. The van der Waals surface area contributed by atoms with Gasteiger partial charge in [0, 0.05) is 36.0 Å². The average Bonchev–Trinajstić information content (AvgIpc) is 2.47. The summed E-state index contributed by atoms with van der Waals surface area (Å²) in [5.74, 6) is -0.336. The molecule has 2 rings (SSSR count). The van der Waals surface area contributed by atoms with Crippen LogP contribution in [-0.2, 0) is 9.59 Å². The van der Waals surface area contributed by atoms with Crippen molar-refractivity contribution < 1.29 is 9.59 Å². The quantitative estimate of drug-likeness (QED) is 0.778. The van der Waals surface area contributed by atoms with Crippen molar-refractivity contribution in [3.8, 4) is 0 Å². The molecule has 1 aliphatic heterocycles. The summed E-state index contributed by atoms with van der Waals surface area (Å²) in [7, 11) is 0. The van der Waals surface area contributed by atoms with Crippen molar-refractivity contribution in [2.75, 3.05) is 6.54 Å². The van der Waals surface area contributed by atoms with E-state index >= 15 is 0 Å². The topological polar surface area (TPSA) is 37.4 Å². The van der Waals surface area contributed by atoms with Crippen LogP contribution < -0.4 is 0 Å². The van der Waals surface area contributed by atoms with E-state index in [0.29, 0.717) is 17.7 Å². The van der Waals surface area contributed by atoms with E-state index in [1.165, 1.54) is 13.8 Å². The lowest BCUT2D eigenvalue weighted by molar-refractivity contribution is -0.114. The summed E-state index contributed by atoms with van der Waals surface area (Å²) < 4.78 is 0. The minimum absolute atomic E-state index is 0.0234. The van der Waals surface area contributed by atoms with E-state index in [-0.39, 0.29) is 17.5 Å². The maximum atomic E-state index is 12.0. The fourth-order valence-corrected chi connectivity index (χ4v) is 2.56. The molecule has 108 valence electrons. The van der Waals surface area contributed by atoms with Crippen LogP contribution in [-0.4, -0.2) is 23.0 Å². The number of benzene rings is 1. The summed E-state index contributed by atoms with van der Waals surface area (Å²) >= 11 is 0. The Kier molecular flexibility index (Phi) is 4.53. The molecule has 0 radical (unpaired) electrons. The molecule has 3 heteroatoms. The fraction of sp³-hybridized carbons (Fsp3) is 0.222. The predicted molar refractivity (Wildman–Crippen MR) is 83.6 cm³/mol. The standard InChI is InChI=1S/C18H19NO2/c1-4-10-19-11-16(13(2)20)18(17(12-19)14(3)21)15-8-6-5-7-9-15/h4-9,11-12,18H,1,10H2,2-3H3. The van der Waals surface area contributed by atoms with E-state index in [1.807, 2.05) is 47.6 Å².